The Morgan fingerprint density at radius 1 is 1.40 bits per heavy atom. The summed E-state index contributed by atoms with van der Waals surface area (Å²) in [6.07, 6.45) is 0. The van der Waals surface area contributed by atoms with Crippen LogP contribution in [-0.4, -0.2) is 14.2 Å². The Balaban J connectivity index is 3.40. The minimum Gasteiger partial charge on any atom is -0.496 e. The molecule has 0 aromatic heterocycles. The predicted octanol–water partition coefficient (Wildman–Crippen LogP) is 3.25. The van der Waals surface area contributed by atoms with Crippen molar-refractivity contribution < 1.29 is 4.74 Å². The Morgan fingerprint density at radius 2 is 2.00 bits per heavy atom. The standard InChI is InChI=1S/C12H18ClNO/c1-7-6-10(15-5)11(9(3)14-4)8(2)12(7)13/h6,9,14H,1-5H3. The zero-order chi connectivity index (χ0) is 11.6. The first-order valence-electron chi connectivity index (χ1n) is 5.03. The summed E-state index contributed by atoms with van der Waals surface area (Å²) in [7, 11) is 3.62. The molecular formula is C12H18ClNO. The van der Waals surface area contributed by atoms with Crippen LogP contribution < -0.4 is 10.1 Å². The molecule has 0 radical (unpaired) electrons. The van der Waals surface area contributed by atoms with E-state index >= 15 is 0 Å². The number of nitrogens with one attached hydrogen (secondary N) is 1. The lowest BCUT2D eigenvalue weighted by atomic mass is 9.98. The second-order valence-corrected chi connectivity index (χ2v) is 4.14. The van der Waals surface area contributed by atoms with Crippen molar-refractivity contribution in [2.24, 2.45) is 0 Å². The third-order valence-corrected chi connectivity index (χ3v) is 3.36. The normalized spacial score (nSPS) is 12.7. The molecule has 1 unspecified atom stereocenters. The van der Waals surface area contributed by atoms with E-state index in [1.807, 2.05) is 27.0 Å². The fraction of sp³-hybridized carbons (Fsp3) is 0.500. The Bertz CT molecular complexity index is 363. The molecule has 0 saturated carbocycles. The number of halogens is 1. The fourth-order valence-electron chi connectivity index (χ4n) is 1.79. The van der Waals surface area contributed by atoms with E-state index in [-0.39, 0.29) is 6.04 Å². The lowest BCUT2D eigenvalue weighted by molar-refractivity contribution is 0.403. The van der Waals surface area contributed by atoms with Gasteiger partial charge < -0.3 is 10.1 Å². The molecular weight excluding hydrogens is 210 g/mol. The molecule has 1 aromatic carbocycles. The molecule has 1 rings (SSSR count). The molecule has 1 atom stereocenters. The molecule has 1 aromatic rings. The molecule has 15 heavy (non-hydrogen) atoms. The SMILES string of the molecule is CNC(C)c1c(OC)cc(C)c(Cl)c1C. The van der Waals surface area contributed by atoms with Crippen molar-refractivity contribution in [1.82, 2.24) is 5.32 Å². The highest BCUT2D eigenvalue weighted by Gasteiger charge is 2.16. The third kappa shape index (κ3) is 2.27. The summed E-state index contributed by atoms with van der Waals surface area (Å²) >= 11 is 6.23. The van der Waals surface area contributed by atoms with Crippen molar-refractivity contribution in [3.8, 4) is 5.75 Å². The molecule has 0 aliphatic heterocycles. The summed E-state index contributed by atoms with van der Waals surface area (Å²) in [5.74, 6) is 0.899. The van der Waals surface area contributed by atoms with Gasteiger partial charge in [0.05, 0.1) is 7.11 Å². The van der Waals surface area contributed by atoms with Gasteiger partial charge in [-0.2, -0.15) is 0 Å². The maximum Gasteiger partial charge on any atom is 0.124 e. The van der Waals surface area contributed by atoms with Crippen molar-refractivity contribution >= 4 is 11.6 Å². The number of rotatable bonds is 3. The quantitative estimate of drug-likeness (QED) is 0.856. The molecule has 3 heteroatoms. The van der Waals surface area contributed by atoms with Gasteiger partial charge in [-0.15, -0.1) is 0 Å². The van der Waals surface area contributed by atoms with Gasteiger partial charge in [-0.3, -0.25) is 0 Å². The predicted molar refractivity (Wildman–Crippen MR) is 65.0 cm³/mol. The summed E-state index contributed by atoms with van der Waals surface area (Å²) in [4.78, 5) is 0. The maximum absolute atomic E-state index is 6.23. The highest BCUT2D eigenvalue weighted by molar-refractivity contribution is 6.32. The number of aryl methyl sites for hydroxylation is 1. The van der Waals surface area contributed by atoms with Gasteiger partial charge in [0.25, 0.3) is 0 Å². The summed E-state index contributed by atoms with van der Waals surface area (Å²) in [6.45, 7) is 6.11. The lowest BCUT2D eigenvalue weighted by Gasteiger charge is -2.20. The molecule has 2 nitrogen and oxygen atoms in total. The van der Waals surface area contributed by atoms with Crippen LogP contribution in [0.15, 0.2) is 6.07 Å². The summed E-state index contributed by atoms with van der Waals surface area (Å²) in [5.41, 5.74) is 3.28. The van der Waals surface area contributed by atoms with Crippen molar-refractivity contribution in [3.63, 3.8) is 0 Å². The number of methoxy groups -OCH3 is 1. The second-order valence-electron chi connectivity index (χ2n) is 3.76. The fourth-order valence-corrected chi connectivity index (χ4v) is 1.94. The van der Waals surface area contributed by atoms with E-state index < -0.39 is 0 Å². The average Bonchev–Trinajstić information content (AvgIpc) is 2.24. The van der Waals surface area contributed by atoms with E-state index in [2.05, 4.69) is 12.2 Å². The van der Waals surface area contributed by atoms with Gasteiger partial charge >= 0.3 is 0 Å². The second kappa shape index (κ2) is 4.86. The molecule has 1 N–H and O–H groups in total. The summed E-state index contributed by atoms with van der Waals surface area (Å²) in [6, 6.07) is 2.22. The van der Waals surface area contributed by atoms with Crippen LogP contribution in [-0.2, 0) is 0 Å². The molecule has 0 amide bonds. The van der Waals surface area contributed by atoms with Crippen LogP contribution in [0.1, 0.15) is 29.7 Å². The minimum atomic E-state index is 0.234. The monoisotopic (exact) mass is 227 g/mol. The molecule has 0 heterocycles. The largest absolute Gasteiger partial charge is 0.496 e. The Morgan fingerprint density at radius 3 is 2.47 bits per heavy atom. The highest BCUT2D eigenvalue weighted by Crippen LogP contribution is 2.35. The number of ether oxygens (including phenoxy) is 1. The van der Waals surface area contributed by atoms with Crippen molar-refractivity contribution in [1.29, 1.82) is 0 Å². The van der Waals surface area contributed by atoms with Gasteiger partial charge in [-0.05, 0) is 45.0 Å². The molecule has 0 aliphatic rings. The van der Waals surface area contributed by atoms with Crippen LogP contribution in [0, 0.1) is 13.8 Å². The van der Waals surface area contributed by atoms with Crippen molar-refractivity contribution in [2.45, 2.75) is 26.8 Å². The lowest BCUT2D eigenvalue weighted by Crippen LogP contribution is -2.15. The van der Waals surface area contributed by atoms with Gasteiger partial charge in [-0.25, -0.2) is 0 Å². The van der Waals surface area contributed by atoms with Crippen LogP contribution in [0.5, 0.6) is 5.75 Å². The van der Waals surface area contributed by atoms with Gasteiger partial charge in [0.1, 0.15) is 5.75 Å². The van der Waals surface area contributed by atoms with Gasteiger partial charge in [-0.1, -0.05) is 11.6 Å². The third-order valence-electron chi connectivity index (χ3n) is 2.78. The number of hydrogen-bond acceptors (Lipinski definition) is 2. The van der Waals surface area contributed by atoms with E-state index in [4.69, 9.17) is 16.3 Å². The maximum atomic E-state index is 6.23. The summed E-state index contributed by atoms with van der Waals surface area (Å²) < 4.78 is 5.39. The zero-order valence-electron chi connectivity index (χ0n) is 9.94. The van der Waals surface area contributed by atoms with Crippen molar-refractivity contribution in [2.75, 3.05) is 14.2 Å². The van der Waals surface area contributed by atoms with Crippen LogP contribution in [0.3, 0.4) is 0 Å². The Hall–Kier alpha value is -0.730. The smallest absolute Gasteiger partial charge is 0.124 e. The van der Waals surface area contributed by atoms with Gasteiger partial charge in [0, 0.05) is 16.6 Å². The van der Waals surface area contributed by atoms with Crippen LogP contribution >= 0.6 is 11.6 Å². The Labute approximate surface area is 96.6 Å². The first-order chi connectivity index (χ1) is 7.02. The molecule has 0 saturated heterocycles. The van der Waals surface area contributed by atoms with E-state index in [1.54, 1.807) is 7.11 Å². The first kappa shape index (κ1) is 12.3. The van der Waals surface area contributed by atoms with Crippen LogP contribution in [0.25, 0.3) is 0 Å². The summed E-state index contributed by atoms with van der Waals surface area (Å²) in [5, 5.41) is 4.03. The number of benzene rings is 1. The molecule has 84 valence electrons. The van der Waals surface area contributed by atoms with Crippen molar-refractivity contribution in [3.05, 3.63) is 27.8 Å². The number of hydrogen-bond donors (Lipinski definition) is 1. The Kier molecular flexibility index (Phi) is 4.00. The van der Waals surface area contributed by atoms with Crippen LogP contribution in [0.2, 0.25) is 5.02 Å². The van der Waals surface area contributed by atoms with E-state index in [1.165, 1.54) is 0 Å². The van der Waals surface area contributed by atoms with Gasteiger partial charge in [0.2, 0.25) is 0 Å². The van der Waals surface area contributed by atoms with E-state index in [0.717, 1.165) is 27.5 Å². The molecule has 0 fully saturated rings. The average molecular weight is 228 g/mol. The minimum absolute atomic E-state index is 0.234. The molecule has 0 bridgehead atoms. The molecule has 0 aliphatic carbocycles. The first-order valence-corrected chi connectivity index (χ1v) is 5.41. The van der Waals surface area contributed by atoms with Crippen LogP contribution in [0.4, 0.5) is 0 Å². The zero-order valence-corrected chi connectivity index (χ0v) is 10.7. The van der Waals surface area contributed by atoms with E-state index in [0.29, 0.717) is 0 Å². The topological polar surface area (TPSA) is 21.3 Å². The molecule has 0 spiro atoms. The highest BCUT2D eigenvalue weighted by atomic mass is 35.5. The van der Waals surface area contributed by atoms with E-state index in [9.17, 15) is 0 Å². The van der Waals surface area contributed by atoms with Gasteiger partial charge in [0.15, 0.2) is 0 Å².